The average molecular weight is 329 g/mol. The molecule has 0 saturated carbocycles. The van der Waals surface area contributed by atoms with Crippen molar-refractivity contribution in [3.05, 3.63) is 40.1 Å². The molecule has 21 heavy (non-hydrogen) atoms. The van der Waals surface area contributed by atoms with Crippen LogP contribution in [0.1, 0.15) is 33.3 Å². The van der Waals surface area contributed by atoms with Gasteiger partial charge in [0.1, 0.15) is 5.82 Å². The van der Waals surface area contributed by atoms with Crippen molar-refractivity contribution in [2.75, 3.05) is 5.75 Å². The second kappa shape index (κ2) is 5.96. The Labute approximate surface area is 136 Å². The summed E-state index contributed by atoms with van der Waals surface area (Å²) < 4.78 is 25.1. The van der Waals surface area contributed by atoms with Gasteiger partial charge in [0.05, 0.1) is 16.2 Å². The molecule has 1 aliphatic heterocycles. The van der Waals surface area contributed by atoms with E-state index in [0.717, 1.165) is 11.0 Å². The molecule has 1 fully saturated rings. The molecule has 0 radical (unpaired) electrons. The first-order valence-corrected chi connectivity index (χ1v) is 7.79. The summed E-state index contributed by atoms with van der Waals surface area (Å²) in [5.74, 6) is 0.102. The third-order valence-electron chi connectivity index (χ3n) is 4.04. The van der Waals surface area contributed by atoms with Gasteiger partial charge in [-0.3, -0.25) is 0 Å². The van der Waals surface area contributed by atoms with Gasteiger partial charge in [-0.05, 0) is 50.9 Å². The van der Waals surface area contributed by atoms with Crippen LogP contribution in [0.3, 0.4) is 0 Å². The molecule has 0 N–H and O–H groups in total. The van der Waals surface area contributed by atoms with E-state index in [0.29, 0.717) is 10.8 Å². The molecule has 0 atom stereocenters. The summed E-state index contributed by atoms with van der Waals surface area (Å²) in [4.78, 5) is 0. The monoisotopic (exact) mass is 328 g/mol. The molecule has 6 heteroatoms. The molecule has 0 spiro atoms. The number of halogens is 2. The zero-order valence-electron chi connectivity index (χ0n) is 12.6. The van der Waals surface area contributed by atoms with Crippen LogP contribution in [0, 0.1) is 5.82 Å². The van der Waals surface area contributed by atoms with Crippen molar-refractivity contribution in [3.8, 4) is 0 Å². The molecule has 0 amide bonds. The van der Waals surface area contributed by atoms with Crippen molar-refractivity contribution in [1.82, 2.24) is 0 Å². The van der Waals surface area contributed by atoms with E-state index >= 15 is 0 Å². The van der Waals surface area contributed by atoms with E-state index in [4.69, 9.17) is 20.9 Å². The number of benzene rings is 1. The van der Waals surface area contributed by atoms with Crippen LogP contribution in [0.15, 0.2) is 23.7 Å². The minimum atomic E-state index is -0.478. The van der Waals surface area contributed by atoms with E-state index in [9.17, 15) is 4.39 Å². The molecule has 0 bridgehead atoms. The van der Waals surface area contributed by atoms with Gasteiger partial charge < -0.3 is 9.31 Å². The van der Waals surface area contributed by atoms with Crippen molar-refractivity contribution in [1.29, 1.82) is 0 Å². The van der Waals surface area contributed by atoms with Gasteiger partial charge in [-0.1, -0.05) is 23.7 Å². The van der Waals surface area contributed by atoms with E-state index < -0.39 is 18.3 Å². The van der Waals surface area contributed by atoms with Gasteiger partial charge in [0, 0.05) is 5.75 Å². The Bertz CT molecular complexity index is 559. The smallest absolute Gasteiger partial charge is 0.400 e. The van der Waals surface area contributed by atoms with Gasteiger partial charge in [0.15, 0.2) is 0 Å². The minimum Gasteiger partial charge on any atom is -0.400 e. The molecule has 2 rings (SSSR count). The number of hydrogen-bond acceptors (Lipinski definition) is 3. The van der Waals surface area contributed by atoms with Gasteiger partial charge >= 0.3 is 7.12 Å². The van der Waals surface area contributed by atoms with Crippen LogP contribution < -0.4 is 0 Å². The van der Waals surface area contributed by atoms with Crippen molar-refractivity contribution in [3.63, 3.8) is 0 Å². The molecule has 1 aliphatic rings. The highest BCUT2D eigenvalue weighted by molar-refractivity contribution is 7.80. The summed E-state index contributed by atoms with van der Waals surface area (Å²) >= 11 is 10.4. The second-order valence-electron chi connectivity index (χ2n) is 6.13. The predicted molar refractivity (Wildman–Crippen MR) is 89.3 cm³/mol. The third-order valence-corrected chi connectivity index (χ3v) is 4.73. The van der Waals surface area contributed by atoms with Crippen LogP contribution in [-0.2, 0) is 9.31 Å². The zero-order valence-corrected chi connectivity index (χ0v) is 14.3. The van der Waals surface area contributed by atoms with Gasteiger partial charge in [-0.2, -0.15) is 12.6 Å². The van der Waals surface area contributed by atoms with E-state index in [-0.39, 0.29) is 5.82 Å². The summed E-state index contributed by atoms with van der Waals surface area (Å²) in [6.07, 6.45) is 1.84. The lowest BCUT2D eigenvalue weighted by molar-refractivity contribution is 0.00578. The fourth-order valence-corrected chi connectivity index (χ4v) is 2.46. The van der Waals surface area contributed by atoms with Gasteiger partial charge in [0.25, 0.3) is 0 Å². The normalized spacial score (nSPS) is 20.9. The fourth-order valence-electron chi connectivity index (χ4n) is 2.00. The molecule has 1 saturated heterocycles. The Balaban J connectivity index is 2.31. The summed E-state index contributed by atoms with van der Waals surface area (Å²) in [5.41, 5.74) is 0.751. The molecule has 1 heterocycles. The van der Waals surface area contributed by atoms with Crippen LogP contribution in [0.5, 0.6) is 0 Å². The Morgan fingerprint density at radius 3 is 2.33 bits per heavy atom. The second-order valence-corrected chi connectivity index (χ2v) is 6.85. The van der Waals surface area contributed by atoms with Gasteiger partial charge in [-0.25, -0.2) is 4.39 Å². The van der Waals surface area contributed by atoms with Gasteiger partial charge in [0.2, 0.25) is 0 Å². The van der Waals surface area contributed by atoms with E-state index in [1.807, 2.05) is 33.8 Å². The van der Waals surface area contributed by atoms with Crippen LogP contribution >= 0.6 is 24.2 Å². The van der Waals surface area contributed by atoms with Gasteiger partial charge in [-0.15, -0.1) is 0 Å². The summed E-state index contributed by atoms with van der Waals surface area (Å²) in [5, 5.41) is 0.353. The Morgan fingerprint density at radius 2 is 1.86 bits per heavy atom. The number of rotatable bonds is 3. The quantitative estimate of drug-likeness (QED) is 0.654. The molecule has 1 aromatic rings. The lowest BCUT2D eigenvalue weighted by atomic mass is 9.78. The standard InChI is InChI=1S/C15H19BClFO2S/c1-14(2)15(3,4)20-16(19-14)11(9-21)7-10-5-6-12(18)8-13(10)17/h5-8,21H,9H2,1-4H3. The predicted octanol–water partition coefficient (Wildman–Crippen LogP) is 4.42. The maximum atomic E-state index is 13.1. The molecular formula is C15H19BClFO2S. The minimum absolute atomic E-state index is 0.353. The van der Waals surface area contributed by atoms with Crippen LogP contribution in [0.2, 0.25) is 5.02 Å². The summed E-state index contributed by atoms with van der Waals surface area (Å²) in [6.45, 7) is 7.98. The maximum absolute atomic E-state index is 13.1. The highest BCUT2D eigenvalue weighted by atomic mass is 35.5. The topological polar surface area (TPSA) is 18.5 Å². The van der Waals surface area contributed by atoms with Crippen molar-refractivity contribution < 1.29 is 13.7 Å². The first-order chi connectivity index (χ1) is 9.66. The highest BCUT2D eigenvalue weighted by Crippen LogP contribution is 2.39. The first kappa shape index (κ1) is 16.9. The van der Waals surface area contributed by atoms with E-state index in [1.54, 1.807) is 6.07 Å². The molecule has 1 aromatic carbocycles. The molecular weight excluding hydrogens is 309 g/mol. The molecule has 0 aliphatic carbocycles. The summed E-state index contributed by atoms with van der Waals surface area (Å²) in [6, 6.07) is 4.29. The Kier molecular flexibility index (Phi) is 4.79. The number of hydrogen-bond donors (Lipinski definition) is 1. The fraction of sp³-hybridized carbons (Fsp3) is 0.467. The lowest BCUT2D eigenvalue weighted by Gasteiger charge is -2.32. The van der Waals surface area contributed by atoms with Crippen LogP contribution in [-0.4, -0.2) is 24.1 Å². The van der Waals surface area contributed by atoms with Crippen molar-refractivity contribution in [2.45, 2.75) is 38.9 Å². The molecule has 0 unspecified atom stereocenters. The average Bonchev–Trinajstić information content (AvgIpc) is 2.57. The largest absolute Gasteiger partial charge is 0.491 e. The van der Waals surface area contributed by atoms with E-state index in [1.165, 1.54) is 12.1 Å². The van der Waals surface area contributed by atoms with Crippen molar-refractivity contribution >= 4 is 37.4 Å². The molecule has 114 valence electrons. The molecule has 0 aromatic heterocycles. The first-order valence-electron chi connectivity index (χ1n) is 6.78. The lowest BCUT2D eigenvalue weighted by Crippen LogP contribution is -2.41. The maximum Gasteiger partial charge on any atom is 0.491 e. The molecule has 2 nitrogen and oxygen atoms in total. The number of thiol groups is 1. The van der Waals surface area contributed by atoms with Crippen LogP contribution in [0.25, 0.3) is 6.08 Å². The highest BCUT2D eigenvalue weighted by Gasteiger charge is 2.52. The summed E-state index contributed by atoms with van der Waals surface area (Å²) in [7, 11) is -0.478. The SMILES string of the molecule is CC1(C)OB(C(=Cc2ccc(F)cc2Cl)CS)OC1(C)C. The Hall–Kier alpha value is -0.485. The van der Waals surface area contributed by atoms with Crippen molar-refractivity contribution in [2.24, 2.45) is 0 Å². The zero-order chi connectivity index (χ0) is 15.8. The van der Waals surface area contributed by atoms with E-state index in [2.05, 4.69) is 12.6 Å². The van der Waals surface area contributed by atoms with Crippen LogP contribution in [0.4, 0.5) is 4.39 Å². The Morgan fingerprint density at radius 1 is 1.29 bits per heavy atom. The third kappa shape index (κ3) is 3.47.